The first kappa shape index (κ1) is 12.0. The summed E-state index contributed by atoms with van der Waals surface area (Å²) in [5.41, 5.74) is 0. The second-order valence-electron chi connectivity index (χ2n) is 4.76. The molecule has 0 amide bonds. The van der Waals surface area contributed by atoms with Crippen LogP contribution in [0.25, 0.3) is 0 Å². The normalized spacial score (nSPS) is 22.9. The van der Waals surface area contributed by atoms with Crippen molar-refractivity contribution in [1.29, 1.82) is 0 Å². The minimum atomic E-state index is 0.555. The van der Waals surface area contributed by atoms with Crippen molar-refractivity contribution in [3.63, 3.8) is 0 Å². The highest BCUT2D eigenvalue weighted by atomic mass is 79.9. The molecular formula is C11H18BrN3O. The molecule has 1 aromatic heterocycles. The number of hydrogen-bond acceptors (Lipinski definition) is 4. The van der Waals surface area contributed by atoms with E-state index in [9.17, 15) is 0 Å². The van der Waals surface area contributed by atoms with Crippen molar-refractivity contribution in [2.45, 2.75) is 39.2 Å². The predicted molar refractivity (Wildman–Crippen MR) is 65.1 cm³/mol. The fraction of sp³-hybridized carbons (Fsp3) is 0.818. The van der Waals surface area contributed by atoms with Gasteiger partial charge in [0.05, 0.1) is 0 Å². The monoisotopic (exact) mass is 287 g/mol. The number of nitrogens with zero attached hydrogens (tertiary/aromatic N) is 3. The van der Waals surface area contributed by atoms with Gasteiger partial charge in [0.25, 0.3) is 0 Å². The zero-order chi connectivity index (χ0) is 11.5. The SMILES string of the molecule is CC(C)N1CCCC(Cc2nc(Br)no2)C1. The van der Waals surface area contributed by atoms with Crippen molar-refractivity contribution in [2.75, 3.05) is 13.1 Å². The van der Waals surface area contributed by atoms with Crippen LogP contribution in [0.2, 0.25) is 0 Å². The molecule has 4 nitrogen and oxygen atoms in total. The quantitative estimate of drug-likeness (QED) is 0.857. The van der Waals surface area contributed by atoms with E-state index in [0.717, 1.165) is 18.9 Å². The fourth-order valence-electron chi connectivity index (χ4n) is 2.30. The summed E-state index contributed by atoms with van der Waals surface area (Å²) < 4.78 is 5.69. The second kappa shape index (κ2) is 5.27. The molecule has 0 aliphatic carbocycles. The number of rotatable bonds is 3. The molecule has 0 bridgehead atoms. The number of aromatic nitrogens is 2. The van der Waals surface area contributed by atoms with Gasteiger partial charge in [0.2, 0.25) is 10.6 Å². The molecule has 0 spiro atoms. The van der Waals surface area contributed by atoms with Gasteiger partial charge in [-0.25, -0.2) is 0 Å². The summed E-state index contributed by atoms with van der Waals surface area (Å²) in [6.07, 6.45) is 3.45. The Balaban J connectivity index is 1.90. The molecule has 0 saturated carbocycles. The maximum atomic E-state index is 5.14. The molecule has 2 heterocycles. The topological polar surface area (TPSA) is 42.2 Å². The molecule has 1 aliphatic rings. The van der Waals surface area contributed by atoms with E-state index in [4.69, 9.17) is 4.52 Å². The van der Waals surface area contributed by atoms with Crippen LogP contribution in [-0.2, 0) is 6.42 Å². The van der Waals surface area contributed by atoms with Crippen LogP contribution < -0.4 is 0 Å². The van der Waals surface area contributed by atoms with Gasteiger partial charge in [-0.1, -0.05) is 0 Å². The predicted octanol–water partition coefficient (Wildman–Crippen LogP) is 2.50. The third kappa shape index (κ3) is 3.04. The second-order valence-corrected chi connectivity index (χ2v) is 5.47. The smallest absolute Gasteiger partial charge is 0.238 e. The molecule has 90 valence electrons. The molecule has 1 atom stereocenters. The Morgan fingerprint density at radius 3 is 3.00 bits per heavy atom. The van der Waals surface area contributed by atoms with Gasteiger partial charge in [-0.3, -0.25) is 0 Å². The van der Waals surface area contributed by atoms with E-state index in [-0.39, 0.29) is 0 Å². The molecule has 1 unspecified atom stereocenters. The lowest BCUT2D eigenvalue weighted by Crippen LogP contribution is -2.40. The summed E-state index contributed by atoms with van der Waals surface area (Å²) in [5.74, 6) is 1.41. The van der Waals surface area contributed by atoms with E-state index < -0.39 is 0 Å². The maximum absolute atomic E-state index is 5.14. The Morgan fingerprint density at radius 1 is 1.56 bits per heavy atom. The molecule has 1 fully saturated rings. The number of halogens is 1. The lowest BCUT2D eigenvalue weighted by atomic mass is 9.94. The summed E-state index contributed by atoms with van der Waals surface area (Å²) >= 11 is 3.21. The van der Waals surface area contributed by atoms with E-state index in [2.05, 4.69) is 44.8 Å². The van der Waals surface area contributed by atoms with Crippen LogP contribution in [0, 0.1) is 5.92 Å². The Morgan fingerprint density at radius 2 is 2.38 bits per heavy atom. The lowest BCUT2D eigenvalue weighted by molar-refractivity contribution is 0.135. The Hall–Kier alpha value is -0.420. The van der Waals surface area contributed by atoms with E-state index >= 15 is 0 Å². The molecule has 0 N–H and O–H groups in total. The first-order valence-corrected chi connectivity index (χ1v) is 6.66. The molecule has 1 aliphatic heterocycles. The van der Waals surface area contributed by atoms with Crippen molar-refractivity contribution in [3.8, 4) is 0 Å². The molecule has 5 heteroatoms. The number of likely N-dealkylation sites (tertiary alicyclic amines) is 1. The van der Waals surface area contributed by atoms with E-state index in [0.29, 0.717) is 16.7 Å². The summed E-state index contributed by atoms with van der Waals surface area (Å²) in [7, 11) is 0. The van der Waals surface area contributed by atoms with Crippen molar-refractivity contribution in [1.82, 2.24) is 15.0 Å². The first-order valence-electron chi connectivity index (χ1n) is 5.87. The Kier molecular flexibility index (Phi) is 3.97. The third-order valence-electron chi connectivity index (χ3n) is 3.19. The van der Waals surface area contributed by atoms with Gasteiger partial charge >= 0.3 is 0 Å². The van der Waals surface area contributed by atoms with E-state index in [1.165, 1.54) is 19.4 Å². The van der Waals surface area contributed by atoms with Gasteiger partial charge in [-0.2, -0.15) is 4.98 Å². The van der Waals surface area contributed by atoms with Crippen LogP contribution in [0.1, 0.15) is 32.6 Å². The molecule has 2 rings (SSSR count). The zero-order valence-corrected chi connectivity index (χ0v) is 11.4. The molecule has 1 aromatic rings. The van der Waals surface area contributed by atoms with Crippen LogP contribution in [0.5, 0.6) is 0 Å². The summed E-state index contributed by atoms with van der Waals surface area (Å²) in [6, 6.07) is 0.636. The molecule has 0 aromatic carbocycles. The largest absolute Gasteiger partial charge is 0.338 e. The van der Waals surface area contributed by atoms with Crippen LogP contribution >= 0.6 is 15.9 Å². The van der Waals surface area contributed by atoms with Crippen molar-refractivity contribution >= 4 is 15.9 Å². The van der Waals surface area contributed by atoms with Gasteiger partial charge in [0.15, 0.2) is 0 Å². The van der Waals surface area contributed by atoms with Crippen LogP contribution in [0.15, 0.2) is 9.26 Å². The van der Waals surface area contributed by atoms with Gasteiger partial charge in [0, 0.05) is 19.0 Å². The van der Waals surface area contributed by atoms with Crippen LogP contribution in [-0.4, -0.2) is 34.2 Å². The van der Waals surface area contributed by atoms with Crippen molar-refractivity contribution in [2.24, 2.45) is 5.92 Å². The third-order valence-corrected chi connectivity index (χ3v) is 3.51. The summed E-state index contributed by atoms with van der Waals surface area (Å²) in [5, 5.41) is 3.75. The molecule has 0 radical (unpaired) electrons. The number of piperidine rings is 1. The standard InChI is InChI=1S/C11H18BrN3O/c1-8(2)15-5-3-4-9(7-15)6-10-13-11(12)14-16-10/h8-9H,3-7H2,1-2H3. The average molecular weight is 288 g/mol. The van der Waals surface area contributed by atoms with Gasteiger partial charge in [-0.15, -0.1) is 0 Å². The Bertz CT molecular complexity index is 340. The number of hydrogen-bond donors (Lipinski definition) is 0. The van der Waals surface area contributed by atoms with E-state index in [1.54, 1.807) is 0 Å². The van der Waals surface area contributed by atoms with Crippen LogP contribution in [0.4, 0.5) is 0 Å². The maximum Gasteiger partial charge on any atom is 0.238 e. The van der Waals surface area contributed by atoms with Gasteiger partial charge in [-0.05, 0) is 60.2 Å². The molecular weight excluding hydrogens is 270 g/mol. The fourth-order valence-corrected chi connectivity index (χ4v) is 2.57. The van der Waals surface area contributed by atoms with Gasteiger partial charge < -0.3 is 9.42 Å². The zero-order valence-electron chi connectivity index (χ0n) is 9.82. The van der Waals surface area contributed by atoms with Crippen molar-refractivity contribution < 1.29 is 4.52 Å². The van der Waals surface area contributed by atoms with Gasteiger partial charge in [0.1, 0.15) is 0 Å². The van der Waals surface area contributed by atoms with E-state index in [1.807, 2.05) is 0 Å². The molecule has 1 saturated heterocycles. The van der Waals surface area contributed by atoms with Crippen LogP contribution in [0.3, 0.4) is 0 Å². The summed E-state index contributed by atoms with van der Waals surface area (Å²) in [6.45, 7) is 6.89. The lowest BCUT2D eigenvalue weighted by Gasteiger charge is -2.34. The molecule has 16 heavy (non-hydrogen) atoms. The highest BCUT2D eigenvalue weighted by Crippen LogP contribution is 2.22. The Labute approximate surface area is 105 Å². The average Bonchev–Trinajstić information content (AvgIpc) is 2.64. The first-order chi connectivity index (χ1) is 7.65. The highest BCUT2D eigenvalue weighted by Gasteiger charge is 2.23. The van der Waals surface area contributed by atoms with Crippen molar-refractivity contribution in [3.05, 3.63) is 10.6 Å². The minimum Gasteiger partial charge on any atom is -0.338 e. The minimum absolute atomic E-state index is 0.555. The summed E-state index contributed by atoms with van der Waals surface area (Å²) in [4.78, 5) is 6.72. The highest BCUT2D eigenvalue weighted by molar-refractivity contribution is 9.10.